The Kier molecular flexibility index (Phi) is 2.70. The van der Waals surface area contributed by atoms with Crippen LogP contribution in [0, 0.1) is 6.92 Å². The van der Waals surface area contributed by atoms with Gasteiger partial charge in [-0.3, -0.25) is 0 Å². The lowest BCUT2D eigenvalue weighted by atomic mass is 10.0. The predicted octanol–water partition coefficient (Wildman–Crippen LogP) is 2.82. The Bertz CT molecular complexity index is 717. The average molecular weight is 284 g/mol. The Morgan fingerprint density at radius 1 is 1.35 bits per heavy atom. The third kappa shape index (κ3) is 1.66. The monoisotopic (exact) mass is 284 g/mol. The van der Waals surface area contributed by atoms with Crippen LogP contribution in [0.5, 0.6) is 0 Å². The van der Waals surface area contributed by atoms with E-state index in [0.29, 0.717) is 5.25 Å². The molecule has 4 nitrogen and oxygen atoms in total. The smallest absolute Gasteiger partial charge is 0.191 e. The summed E-state index contributed by atoms with van der Waals surface area (Å²) < 4.78 is 1.94. The molecule has 1 atom stereocenters. The summed E-state index contributed by atoms with van der Waals surface area (Å²) in [6.07, 6.45) is 3.05. The normalized spacial score (nSPS) is 19.3. The van der Waals surface area contributed by atoms with Crippen LogP contribution in [0.1, 0.15) is 35.9 Å². The molecule has 5 heteroatoms. The SMILES string of the molecule is CCCc1nnc2n1N=C1c3cccc(C)c3CC1S2. The van der Waals surface area contributed by atoms with Crippen LogP contribution in [-0.4, -0.2) is 25.8 Å². The molecule has 0 radical (unpaired) electrons. The molecule has 4 rings (SSSR count). The molecule has 1 aliphatic heterocycles. The third-order valence-electron chi connectivity index (χ3n) is 3.99. The zero-order valence-corrected chi connectivity index (χ0v) is 12.4. The van der Waals surface area contributed by atoms with Crippen molar-refractivity contribution in [2.24, 2.45) is 5.10 Å². The van der Waals surface area contributed by atoms with Crippen LogP contribution in [0.25, 0.3) is 0 Å². The van der Waals surface area contributed by atoms with Crippen LogP contribution in [0.4, 0.5) is 0 Å². The molecule has 2 aromatic rings. The van der Waals surface area contributed by atoms with Crippen LogP contribution in [0.3, 0.4) is 0 Å². The highest BCUT2D eigenvalue weighted by molar-refractivity contribution is 8.00. The molecule has 0 spiro atoms. The van der Waals surface area contributed by atoms with E-state index in [1.165, 1.54) is 22.4 Å². The van der Waals surface area contributed by atoms with Gasteiger partial charge < -0.3 is 0 Å². The van der Waals surface area contributed by atoms with Gasteiger partial charge in [-0.1, -0.05) is 36.9 Å². The molecule has 1 unspecified atom stereocenters. The number of hydrogen-bond acceptors (Lipinski definition) is 4. The molecule has 1 aromatic heterocycles. The number of thioether (sulfide) groups is 1. The lowest BCUT2D eigenvalue weighted by molar-refractivity contribution is 0.688. The molecular formula is C15H16N4S. The van der Waals surface area contributed by atoms with E-state index in [0.717, 1.165) is 30.2 Å². The van der Waals surface area contributed by atoms with Gasteiger partial charge >= 0.3 is 0 Å². The van der Waals surface area contributed by atoms with Crippen molar-refractivity contribution in [1.29, 1.82) is 0 Å². The molecule has 0 fully saturated rings. The minimum Gasteiger partial charge on any atom is -0.191 e. The average Bonchev–Trinajstić information content (AvgIpc) is 3.00. The Labute approximate surface area is 122 Å². The summed E-state index contributed by atoms with van der Waals surface area (Å²) in [7, 11) is 0. The van der Waals surface area contributed by atoms with Crippen molar-refractivity contribution in [2.45, 2.75) is 43.5 Å². The Hall–Kier alpha value is -1.62. The van der Waals surface area contributed by atoms with Crippen molar-refractivity contribution in [2.75, 3.05) is 0 Å². The Morgan fingerprint density at radius 2 is 2.25 bits per heavy atom. The zero-order chi connectivity index (χ0) is 13.7. The standard InChI is InChI=1S/C15H16N4S/c1-3-5-13-16-17-15-19(13)18-14-10-7-4-6-9(2)11(10)8-12(14)20-15/h4,6-7,12H,3,5,8H2,1-2H3. The highest BCUT2D eigenvalue weighted by Crippen LogP contribution is 2.38. The van der Waals surface area contributed by atoms with Gasteiger partial charge in [-0.15, -0.1) is 10.2 Å². The third-order valence-corrected chi connectivity index (χ3v) is 5.13. The summed E-state index contributed by atoms with van der Waals surface area (Å²) in [5.74, 6) is 0.974. The predicted molar refractivity (Wildman–Crippen MR) is 80.5 cm³/mol. The second-order valence-electron chi connectivity index (χ2n) is 5.36. The van der Waals surface area contributed by atoms with Gasteiger partial charge in [0.2, 0.25) is 5.16 Å². The lowest BCUT2D eigenvalue weighted by Gasteiger charge is -2.16. The van der Waals surface area contributed by atoms with E-state index in [1.807, 2.05) is 4.68 Å². The number of fused-ring (bicyclic) bond motifs is 4. The number of benzene rings is 1. The highest BCUT2D eigenvalue weighted by Gasteiger charge is 2.35. The van der Waals surface area contributed by atoms with Gasteiger partial charge in [0.15, 0.2) is 5.82 Å². The van der Waals surface area contributed by atoms with Crippen LogP contribution >= 0.6 is 11.8 Å². The molecule has 2 heterocycles. The first-order chi connectivity index (χ1) is 9.78. The minimum absolute atomic E-state index is 0.400. The van der Waals surface area contributed by atoms with Gasteiger partial charge in [0.25, 0.3) is 0 Å². The van der Waals surface area contributed by atoms with Crippen LogP contribution in [0.2, 0.25) is 0 Å². The fraction of sp³-hybridized carbons (Fsp3) is 0.400. The first kappa shape index (κ1) is 12.1. The molecule has 2 aliphatic rings. The van der Waals surface area contributed by atoms with Crippen LogP contribution in [-0.2, 0) is 12.8 Å². The molecule has 0 saturated carbocycles. The van der Waals surface area contributed by atoms with Crippen molar-refractivity contribution in [3.63, 3.8) is 0 Å². The second-order valence-corrected chi connectivity index (χ2v) is 6.53. The van der Waals surface area contributed by atoms with Gasteiger partial charge in [0.1, 0.15) is 0 Å². The van der Waals surface area contributed by atoms with E-state index in [2.05, 4.69) is 42.2 Å². The van der Waals surface area contributed by atoms with E-state index in [1.54, 1.807) is 11.8 Å². The summed E-state index contributed by atoms with van der Waals surface area (Å²) in [5, 5.41) is 14.8. The van der Waals surface area contributed by atoms with Crippen molar-refractivity contribution >= 4 is 17.5 Å². The molecule has 0 N–H and O–H groups in total. The van der Waals surface area contributed by atoms with Gasteiger partial charge in [-0.25, -0.2) is 0 Å². The maximum Gasteiger partial charge on any atom is 0.212 e. The number of nitrogens with zero attached hydrogens (tertiary/aromatic N) is 4. The van der Waals surface area contributed by atoms with Crippen molar-refractivity contribution in [3.05, 3.63) is 40.7 Å². The number of rotatable bonds is 2. The van der Waals surface area contributed by atoms with Crippen molar-refractivity contribution in [1.82, 2.24) is 14.9 Å². The van der Waals surface area contributed by atoms with E-state index in [9.17, 15) is 0 Å². The van der Waals surface area contributed by atoms with Crippen LogP contribution in [0.15, 0.2) is 28.5 Å². The first-order valence-electron chi connectivity index (χ1n) is 7.06. The van der Waals surface area contributed by atoms with Crippen LogP contribution < -0.4 is 0 Å². The van der Waals surface area contributed by atoms with Gasteiger partial charge in [-0.05, 0) is 30.9 Å². The Balaban J connectivity index is 1.84. The molecule has 0 amide bonds. The Morgan fingerprint density at radius 3 is 3.10 bits per heavy atom. The minimum atomic E-state index is 0.400. The van der Waals surface area contributed by atoms with E-state index < -0.39 is 0 Å². The molecule has 1 aromatic carbocycles. The van der Waals surface area contributed by atoms with Gasteiger partial charge in [0, 0.05) is 12.0 Å². The largest absolute Gasteiger partial charge is 0.212 e. The maximum atomic E-state index is 4.86. The molecule has 0 saturated heterocycles. The molecular weight excluding hydrogens is 268 g/mol. The topological polar surface area (TPSA) is 43.1 Å². The summed E-state index contributed by atoms with van der Waals surface area (Å²) in [4.78, 5) is 0. The molecule has 0 bridgehead atoms. The first-order valence-corrected chi connectivity index (χ1v) is 7.94. The fourth-order valence-electron chi connectivity index (χ4n) is 2.97. The second kappa shape index (κ2) is 4.45. The van der Waals surface area contributed by atoms with Gasteiger partial charge in [-0.2, -0.15) is 9.78 Å². The zero-order valence-electron chi connectivity index (χ0n) is 11.6. The summed E-state index contributed by atoms with van der Waals surface area (Å²) in [6, 6.07) is 6.50. The number of aromatic nitrogens is 3. The molecule has 102 valence electrons. The number of hydrogen-bond donors (Lipinski definition) is 0. The van der Waals surface area contributed by atoms with Crippen molar-refractivity contribution < 1.29 is 0 Å². The quantitative estimate of drug-likeness (QED) is 0.851. The molecule has 1 aliphatic carbocycles. The summed E-state index contributed by atoms with van der Waals surface area (Å²) in [5.41, 5.74) is 5.31. The highest BCUT2D eigenvalue weighted by atomic mass is 32.2. The van der Waals surface area contributed by atoms with E-state index in [-0.39, 0.29) is 0 Å². The fourth-order valence-corrected chi connectivity index (χ4v) is 4.09. The number of aryl methyl sites for hydroxylation is 2. The van der Waals surface area contributed by atoms with Gasteiger partial charge in [0.05, 0.1) is 11.0 Å². The molecule has 20 heavy (non-hydrogen) atoms. The van der Waals surface area contributed by atoms with E-state index >= 15 is 0 Å². The maximum absolute atomic E-state index is 4.86. The summed E-state index contributed by atoms with van der Waals surface area (Å²) in [6.45, 7) is 4.34. The van der Waals surface area contributed by atoms with E-state index in [4.69, 9.17) is 5.10 Å². The lowest BCUT2D eigenvalue weighted by Crippen LogP contribution is -2.20. The van der Waals surface area contributed by atoms with Crippen molar-refractivity contribution in [3.8, 4) is 0 Å². The summed E-state index contributed by atoms with van der Waals surface area (Å²) >= 11 is 1.80.